The highest BCUT2D eigenvalue weighted by molar-refractivity contribution is 7.86. The molecule has 2 aromatic heterocycles. The molecular formula is C58H84Cl2N18O8S2. The molecule has 2 heterocycles. The van der Waals surface area contributed by atoms with Gasteiger partial charge < -0.3 is 94.4 Å². The van der Waals surface area contributed by atoms with Gasteiger partial charge in [0.1, 0.15) is 20.2 Å². The second kappa shape index (κ2) is 31.7. The molecule has 6 rings (SSSR count). The summed E-state index contributed by atoms with van der Waals surface area (Å²) in [5.74, 6) is 0.168. The summed E-state index contributed by atoms with van der Waals surface area (Å²) in [6.45, 7) is 5.62. The fourth-order valence-electron chi connectivity index (χ4n) is 8.39. The first-order valence-electron chi connectivity index (χ1n) is 28.1. The van der Waals surface area contributed by atoms with Crippen molar-refractivity contribution in [2.45, 2.75) is 35.5 Å². The maximum atomic E-state index is 12.9. The van der Waals surface area contributed by atoms with E-state index in [0.29, 0.717) is 48.7 Å². The number of hydrogen-bond donors (Lipinski definition) is 8. The maximum Gasteiger partial charge on any atom is 0.251 e. The van der Waals surface area contributed by atoms with Crippen molar-refractivity contribution in [1.29, 1.82) is 0 Å². The van der Waals surface area contributed by atoms with Crippen molar-refractivity contribution in [3.8, 4) is 0 Å². The first kappa shape index (κ1) is 73.1. The molecule has 26 nitrogen and oxygen atoms in total. The second-order valence-electron chi connectivity index (χ2n) is 24.8. The van der Waals surface area contributed by atoms with Crippen molar-refractivity contribution in [2.75, 3.05) is 169 Å². The molecule has 0 spiro atoms. The van der Waals surface area contributed by atoms with Gasteiger partial charge in [0, 0.05) is 85.7 Å². The van der Waals surface area contributed by atoms with Gasteiger partial charge in [-0.15, -0.1) is 0 Å². The molecule has 0 fully saturated rings. The van der Waals surface area contributed by atoms with Crippen molar-refractivity contribution < 1.29 is 78.3 Å². The number of anilines is 10. The molecule has 0 radical (unpaired) electrons. The van der Waals surface area contributed by atoms with Crippen molar-refractivity contribution in [2.24, 2.45) is 0 Å². The number of rotatable bonds is 32. The summed E-state index contributed by atoms with van der Waals surface area (Å²) in [4.78, 5) is 51.5. The van der Waals surface area contributed by atoms with E-state index in [9.17, 15) is 35.5 Å². The lowest BCUT2D eigenvalue weighted by atomic mass is 10.1. The molecule has 0 aliphatic heterocycles. The Hall–Kier alpha value is -7.38. The molecule has 0 bridgehead atoms. The van der Waals surface area contributed by atoms with E-state index in [1.54, 1.807) is 48.5 Å². The van der Waals surface area contributed by atoms with Gasteiger partial charge in [0.15, 0.2) is 0 Å². The summed E-state index contributed by atoms with van der Waals surface area (Å²) in [5.41, 5.74) is 2.06. The Morgan fingerprint density at radius 3 is 0.943 bits per heavy atom. The SMILES string of the molecule is C[N+](C)(C)CCCNC(=O)c1ccc(Nc2nc(NCCC[N+](C)(C)C)nc(Nc3ccc(/C=C/c4ccc(Nc5nc(NCCC[N+](C)(C)C)nc(Nc6ccc(C(=O)NCCC[N+](C)(C)C)cc6)n5)cc4S(=O)(=O)[O-])c(S(=O)(=O)[O-])c3)n2)cc1.[Cl-].[Cl-]. The van der Waals surface area contributed by atoms with E-state index in [1.165, 1.54) is 36.4 Å². The third-order valence-corrected chi connectivity index (χ3v) is 14.5. The lowest BCUT2D eigenvalue weighted by Gasteiger charge is -2.23. The maximum absolute atomic E-state index is 12.9. The van der Waals surface area contributed by atoms with Gasteiger partial charge in [0.05, 0.1) is 121 Å². The minimum atomic E-state index is -5.18. The Morgan fingerprint density at radius 2 is 0.659 bits per heavy atom. The zero-order valence-electron chi connectivity index (χ0n) is 52.0. The number of nitrogens with zero attached hydrogens (tertiary/aromatic N) is 10. The van der Waals surface area contributed by atoms with Gasteiger partial charge in [-0.25, -0.2) is 16.8 Å². The lowest BCUT2D eigenvalue weighted by molar-refractivity contribution is -0.870. The number of quaternary nitrogens is 4. The van der Waals surface area contributed by atoms with Gasteiger partial charge >= 0.3 is 0 Å². The number of benzene rings is 4. The molecule has 0 saturated heterocycles. The molecule has 0 saturated carbocycles. The smallest absolute Gasteiger partial charge is 0.251 e. The van der Waals surface area contributed by atoms with Crippen LogP contribution in [0, 0.1) is 0 Å². The minimum Gasteiger partial charge on any atom is -1.00 e. The van der Waals surface area contributed by atoms with E-state index in [2.05, 4.69) is 157 Å². The summed E-state index contributed by atoms with van der Waals surface area (Å²) < 4.78 is 80.3. The first-order chi connectivity index (χ1) is 40.1. The van der Waals surface area contributed by atoms with E-state index in [0.717, 1.165) is 81.9 Å². The summed E-state index contributed by atoms with van der Waals surface area (Å²) in [6.07, 6.45) is 5.62. The van der Waals surface area contributed by atoms with E-state index in [4.69, 9.17) is 0 Å². The Kier molecular flexibility index (Phi) is 26.3. The van der Waals surface area contributed by atoms with Crippen LogP contribution < -0.4 is 67.3 Å². The van der Waals surface area contributed by atoms with Crippen LogP contribution >= 0.6 is 0 Å². The van der Waals surface area contributed by atoms with Gasteiger partial charge in [-0.05, 0) is 83.9 Å². The van der Waals surface area contributed by atoms with Crippen LogP contribution in [0.1, 0.15) is 57.5 Å². The third kappa shape index (κ3) is 25.8. The third-order valence-electron chi connectivity index (χ3n) is 12.8. The molecule has 8 N–H and O–H groups in total. The fourth-order valence-corrected chi connectivity index (χ4v) is 9.79. The standard InChI is InChI=1S/C58H82N18O8S2.2ClH/c1-73(2,3)35-13-31-59-51(77)43-21-25-45(26-22-43)63-55-67-53(61-33-15-37-75(7,8)9)69-57(71-55)65-47-29-19-41(49(39-47)85(79,80)81)17-18-42-20-30-48(40-50(42)86(82,83)84)66-58-70-54(62-34-16-38-76(10,11)12)68-56(72-58)64-46-27-23-44(24-28-46)52(78)60-32-14-36-74(4,5)6;;/h17-30,39-40H,13-16,31-38H2,1-12H3,(H6-4,59,60,61,62,63,64,65,66,67,68,69,70,71,72,77,78,79,80,81,82,83,84);2*1H/b18-17+;;. The Labute approximate surface area is 530 Å². The van der Waals surface area contributed by atoms with Gasteiger partial charge in [-0.2, -0.15) is 29.9 Å². The zero-order valence-corrected chi connectivity index (χ0v) is 55.2. The van der Waals surface area contributed by atoms with Crippen LogP contribution in [0.2, 0.25) is 0 Å². The van der Waals surface area contributed by atoms with E-state index >= 15 is 0 Å². The Morgan fingerprint density at radius 1 is 0.398 bits per heavy atom. The number of carbonyl (C=O) groups excluding carboxylic acids is 2. The molecule has 30 heteroatoms. The lowest BCUT2D eigenvalue weighted by Crippen LogP contribution is -3.00. The van der Waals surface area contributed by atoms with Crippen LogP contribution in [0.3, 0.4) is 0 Å². The highest BCUT2D eigenvalue weighted by atomic mass is 35.5. The van der Waals surface area contributed by atoms with Crippen molar-refractivity contribution in [3.05, 3.63) is 107 Å². The second-order valence-corrected chi connectivity index (χ2v) is 27.5. The monoisotopic (exact) mass is 1290 g/mol. The van der Waals surface area contributed by atoms with E-state index in [-0.39, 0.29) is 94.8 Å². The average molecular weight is 1300 g/mol. The van der Waals surface area contributed by atoms with Crippen molar-refractivity contribution in [3.63, 3.8) is 0 Å². The highest BCUT2D eigenvalue weighted by Crippen LogP contribution is 2.29. The van der Waals surface area contributed by atoms with Crippen LogP contribution in [0.15, 0.2) is 94.7 Å². The number of nitrogens with one attached hydrogen (secondary N) is 8. The van der Waals surface area contributed by atoms with Crippen LogP contribution in [0.5, 0.6) is 0 Å². The summed E-state index contributed by atoms with van der Waals surface area (Å²) in [5, 5.41) is 24.6. The molecule has 6 aromatic rings. The largest absolute Gasteiger partial charge is 1.00 e. The molecule has 0 aliphatic carbocycles. The zero-order chi connectivity index (χ0) is 63.1. The Bertz CT molecular complexity index is 3330. The van der Waals surface area contributed by atoms with Gasteiger partial charge in [-0.3, -0.25) is 9.59 Å². The molecule has 4 aromatic carbocycles. The number of hydrogen-bond acceptors (Lipinski definition) is 20. The number of aromatic nitrogens is 6. The average Bonchev–Trinajstić information content (AvgIpc) is 3.48. The summed E-state index contributed by atoms with van der Waals surface area (Å²) in [6, 6.07) is 21.3. The molecule has 88 heavy (non-hydrogen) atoms. The first-order valence-corrected chi connectivity index (χ1v) is 30.9. The van der Waals surface area contributed by atoms with Crippen LogP contribution in [-0.4, -0.2) is 223 Å². The van der Waals surface area contributed by atoms with Crippen molar-refractivity contribution in [1.82, 2.24) is 40.5 Å². The molecule has 0 unspecified atom stereocenters. The van der Waals surface area contributed by atoms with Crippen LogP contribution in [0.4, 0.5) is 58.4 Å². The molecule has 2 amide bonds. The molecule has 0 aliphatic rings. The number of amides is 2. The number of carbonyl (C=O) groups is 2. The van der Waals surface area contributed by atoms with E-state index < -0.39 is 30.0 Å². The predicted molar refractivity (Wildman–Crippen MR) is 335 cm³/mol. The highest BCUT2D eigenvalue weighted by Gasteiger charge is 2.18. The molecular weight excluding hydrogens is 1210 g/mol. The Balaban J connectivity index is 0.00000828. The minimum absolute atomic E-state index is 0. The van der Waals surface area contributed by atoms with Crippen molar-refractivity contribution >= 4 is 103 Å². The quantitative estimate of drug-likeness (QED) is 0.0116. The van der Waals surface area contributed by atoms with E-state index in [1.807, 2.05) is 0 Å². The van der Waals surface area contributed by atoms with Crippen LogP contribution in [0.25, 0.3) is 12.2 Å². The van der Waals surface area contributed by atoms with Crippen LogP contribution in [-0.2, 0) is 20.2 Å². The van der Waals surface area contributed by atoms with Gasteiger partial charge in [0.2, 0.25) is 35.7 Å². The number of halogens is 2. The topological polar surface area (TPSA) is 322 Å². The summed E-state index contributed by atoms with van der Waals surface area (Å²) >= 11 is 0. The molecule has 480 valence electrons. The predicted octanol–water partition coefficient (Wildman–Crippen LogP) is -0.314. The van der Waals surface area contributed by atoms with Gasteiger partial charge in [0.25, 0.3) is 11.8 Å². The fraction of sp³-hybridized carbons (Fsp3) is 0.414. The molecule has 0 atom stereocenters. The summed E-state index contributed by atoms with van der Waals surface area (Å²) in [7, 11) is 14.7. The van der Waals surface area contributed by atoms with Gasteiger partial charge in [-0.1, -0.05) is 24.3 Å². The normalized spacial score (nSPS) is 12.1.